The maximum Gasteiger partial charge on any atom is 0.355 e. The maximum atomic E-state index is 12.7. The van der Waals surface area contributed by atoms with E-state index in [0.29, 0.717) is 0 Å². The molecule has 2 atom stereocenters. The number of nitrogens with one attached hydrogen (secondary N) is 2. The fourth-order valence-corrected chi connectivity index (χ4v) is 3.52. The quantitative estimate of drug-likeness (QED) is 0.570. The van der Waals surface area contributed by atoms with Gasteiger partial charge in [-0.25, -0.2) is 4.79 Å². The van der Waals surface area contributed by atoms with Gasteiger partial charge in [0, 0.05) is 6.92 Å². The number of fused-ring (bicyclic) bond motifs is 1. The second kappa shape index (κ2) is 9.87. The molecule has 1 aliphatic carbocycles. The van der Waals surface area contributed by atoms with Crippen molar-refractivity contribution in [3.63, 3.8) is 0 Å². The molecule has 0 radical (unpaired) electrons. The summed E-state index contributed by atoms with van der Waals surface area (Å²) in [7, 11) is 0. The summed E-state index contributed by atoms with van der Waals surface area (Å²) in [4.78, 5) is 36.8. The van der Waals surface area contributed by atoms with Crippen molar-refractivity contribution in [1.29, 1.82) is 0 Å². The van der Waals surface area contributed by atoms with Gasteiger partial charge in [-0.15, -0.1) is 0 Å². The number of ether oxygens (including phenoxy) is 1. The molecule has 1 aliphatic rings. The van der Waals surface area contributed by atoms with Crippen LogP contribution in [-0.2, 0) is 25.5 Å². The Hall–Kier alpha value is -3.41. The number of aryl methyl sites for hydroxylation is 1. The number of carbonyl (C=O) groups is 3. The summed E-state index contributed by atoms with van der Waals surface area (Å²) in [6.07, 6.45) is 3.35. The fraction of sp³-hybridized carbons (Fsp3) is 0.292. The van der Waals surface area contributed by atoms with Crippen LogP contribution in [0.25, 0.3) is 6.08 Å². The maximum absolute atomic E-state index is 12.7. The van der Waals surface area contributed by atoms with Gasteiger partial charge in [0.05, 0.1) is 6.04 Å². The Morgan fingerprint density at radius 1 is 1.07 bits per heavy atom. The van der Waals surface area contributed by atoms with Crippen LogP contribution in [0, 0.1) is 0 Å². The van der Waals surface area contributed by atoms with Gasteiger partial charge in [-0.05, 0) is 49.0 Å². The highest BCUT2D eigenvalue weighted by Crippen LogP contribution is 2.29. The fourth-order valence-electron chi connectivity index (χ4n) is 3.52. The molecule has 6 heteroatoms. The highest BCUT2D eigenvalue weighted by molar-refractivity contribution is 5.98. The van der Waals surface area contributed by atoms with Gasteiger partial charge in [-0.2, -0.15) is 0 Å². The van der Waals surface area contributed by atoms with Gasteiger partial charge in [0.2, 0.25) is 5.91 Å². The van der Waals surface area contributed by atoms with Crippen molar-refractivity contribution in [3.05, 3.63) is 77.0 Å². The first kappa shape index (κ1) is 21.3. The molecule has 0 aromatic heterocycles. The summed E-state index contributed by atoms with van der Waals surface area (Å²) >= 11 is 0. The van der Waals surface area contributed by atoms with Crippen LogP contribution in [-0.4, -0.2) is 23.9 Å². The lowest BCUT2D eigenvalue weighted by atomic mass is 9.87. The third-order valence-corrected chi connectivity index (χ3v) is 4.98. The molecule has 0 unspecified atom stereocenters. The summed E-state index contributed by atoms with van der Waals surface area (Å²) in [6.45, 7) is 2.83. The minimum absolute atomic E-state index is 0.0173. The Labute approximate surface area is 176 Å². The van der Waals surface area contributed by atoms with Crippen LogP contribution in [0.1, 0.15) is 49.4 Å². The lowest BCUT2D eigenvalue weighted by Crippen LogP contribution is -2.40. The van der Waals surface area contributed by atoms with E-state index in [1.54, 1.807) is 12.1 Å². The largest absolute Gasteiger partial charge is 0.448 e. The first-order valence-corrected chi connectivity index (χ1v) is 10.1. The molecule has 2 aromatic rings. The zero-order chi connectivity index (χ0) is 21.5. The van der Waals surface area contributed by atoms with Gasteiger partial charge in [-0.1, -0.05) is 54.6 Å². The van der Waals surface area contributed by atoms with Crippen molar-refractivity contribution < 1.29 is 19.1 Å². The van der Waals surface area contributed by atoms with E-state index in [0.717, 1.165) is 30.4 Å². The second-order valence-corrected chi connectivity index (χ2v) is 7.35. The van der Waals surface area contributed by atoms with Crippen molar-refractivity contribution in [1.82, 2.24) is 10.6 Å². The summed E-state index contributed by atoms with van der Waals surface area (Å²) in [5.74, 6) is -1.53. The minimum atomic E-state index is -1.00. The molecule has 0 heterocycles. The first-order chi connectivity index (χ1) is 14.4. The molecular formula is C24H26N2O4. The highest BCUT2D eigenvalue weighted by Gasteiger charge is 2.26. The molecule has 0 bridgehead atoms. The Morgan fingerprint density at radius 2 is 1.77 bits per heavy atom. The van der Waals surface area contributed by atoms with Crippen LogP contribution in [0.4, 0.5) is 0 Å². The minimum Gasteiger partial charge on any atom is -0.448 e. The number of amides is 2. The second-order valence-electron chi connectivity index (χ2n) is 7.35. The van der Waals surface area contributed by atoms with Crippen LogP contribution in [0.5, 0.6) is 0 Å². The first-order valence-electron chi connectivity index (χ1n) is 10.1. The molecule has 6 nitrogen and oxygen atoms in total. The molecule has 2 N–H and O–H groups in total. The Morgan fingerprint density at radius 3 is 2.50 bits per heavy atom. The van der Waals surface area contributed by atoms with E-state index in [-0.39, 0.29) is 17.6 Å². The van der Waals surface area contributed by atoms with Gasteiger partial charge >= 0.3 is 5.97 Å². The summed E-state index contributed by atoms with van der Waals surface area (Å²) < 4.78 is 5.34. The van der Waals surface area contributed by atoms with E-state index in [9.17, 15) is 14.4 Å². The van der Waals surface area contributed by atoms with Crippen molar-refractivity contribution in [2.75, 3.05) is 0 Å². The number of hydrogen-bond donors (Lipinski definition) is 2. The molecule has 3 rings (SSSR count). The van der Waals surface area contributed by atoms with E-state index >= 15 is 0 Å². The number of benzene rings is 2. The van der Waals surface area contributed by atoms with Crippen molar-refractivity contribution in [2.24, 2.45) is 0 Å². The molecule has 0 saturated carbocycles. The number of hydrogen-bond acceptors (Lipinski definition) is 4. The molecule has 30 heavy (non-hydrogen) atoms. The summed E-state index contributed by atoms with van der Waals surface area (Å²) in [6, 6.07) is 17.0. The third-order valence-electron chi connectivity index (χ3n) is 4.98. The van der Waals surface area contributed by atoms with Crippen LogP contribution in [0.3, 0.4) is 0 Å². The molecule has 0 spiro atoms. The van der Waals surface area contributed by atoms with E-state index in [1.807, 2.05) is 36.4 Å². The zero-order valence-corrected chi connectivity index (χ0v) is 17.2. The smallest absolute Gasteiger partial charge is 0.355 e. The van der Waals surface area contributed by atoms with Gasteiger partial charge in [0.1, 0.15) is 5.70 Å². The Kier molecular flexibility index (Phi) is 7.01. The van der Waals surface area contributed by atoms with Crippen molar-refractivity contribution in [2.45, 2.75) is 45.3 Å². The van der Waals surface area contributed by atoms with E-state index in [4.69, 9.17) is 4.74 Å². The van der Waals surface area contributed by atoms with E-state index in [1.165, 1.54) is 25.5 Å². The average molecular weight is 406 g/mol. The molecule has 0 fully saturated rings. The van der Waals surface area contributed by atoms with Gasteiger partial charge < -0.3 is 15.4 Å². The highest BCUT2D eigenvalue weighted by atomic mass is 16.5. The lowest BCUT2D eigenvalue weighted by molar-refractivity contribution is -0.152. The SMILES string of the molecule is CC(=O)N/C(=C\c1ccccc1)C(=O)O[C@H](C)C(=O)N[C@@H]1CCCc2ccccc21. The summed E-state index contributed by atoms with van der Waals surface area (Å²) in [5, 5.41) is 5.47. The zero-order valence-electron chi connectivity index (χ0n) is 17.2. The predicted octanol–water partition coefficient (Wildman–Crippen LogP) is 3.29. The third kappa shape index (κ3) is 5.56. The monoisotopic (exact) mass is 406 g/mol. The molecule has 2 amide bonds. The molecule has 2 aromatic carbocycles. The normalized spacial score (nSPS) is 16.7. The van der Waals surface area contributed by atoms with Crippen molar-refractivity contribution >= 4 is 23.9 Å². The van der Waals surface area contributed by atoms with Crippen molar-refractivity contribution in [3.8, 4) is 0 Å². The van der Waals surface area contributed by atoms with Crippen LogP contribution in [0.2, 0.25) is 0 Å². The van der Waals surface area contributed by atoms with Crippen LogP contribution < -0.4 is 10.6 Å². The number of rotatable bonds is 6. The molecule has 0 aliphatic heterocycles. The summed E-state index contributed by atoms with van der Waals surface area (Å²) in [5.41, 5.74) is 3.06. The van der Waals surface area contributed by atoms with Crippen LogP contribution in [0.15, 0.2) is 60.3 Å². The number of carbonyl (C=O) groups excluding carboxylic acids is 3. The molecule has 0 saturated heterocycles. The Bertz CT molecular complexity index is 953. The standard InChI is InChI=1S/C24H26N2O4/c1-16(23(28)26-21-14-8-12-19-11-6-7-13-20(19)21)30-24(29)22(25-17(2)27)15-18-9-4-3-5-10-18/h3-7,9-11,13,15-16,21H,8,12,14H2,1-2H3,(H,25,27)(H,26,28)/b22-15-/t16-,21-/m1/s1. The van der Waals surface area contributed by atoms with E-state index < -0.39 is 18.0 Å². The molecule has 156 valence electrons. The lowest BCUT2D eigenvalue weighted by Gasteiger charge is -2.27. The Balaban J connectivity index is 1.67. The van der Waals surface area contributed by atoms with Crippen LogP contribution >= 0.6 is 0 Å². The predicted molar refractivity (Wildman–Crippen MR) is 114 cm³/mol. The average Bonchev–Trinajstić information content (AvgIpc) is 2.74. The molecular weight excluding hydrogens is 380 g/mol. The number of esters is 1. The van der Waals surface area contributed by atoms with Gasteiger partial charge in [0.25, 0.3) is 5.91 Å². The topological polar surface area (TPSA) is 84.5 Å². The van der Waals surface area contributed by atoms with Gasteiger partial charge in [0.15, 0.2) is 6.10 Å². The van der Waals surface area contributed by atoms with Gasteiger partial charge in [-0.3, -0.25) is 9.59 Å². The van der Waals surface area contributed by atoms with E-state index in [2.05, 4.69) is 16.7 Å².